The molecule has 0 N–H and O–H groups in total. The molecule has 0 aliphatic carbocycles. The molecule has 2 rings (SSSR count). The van der Waals surface area contributed by atoms with Gasteiger partial charge in [-0.1, -0.05) is 6.07 Å². The molecule has 0 amide bonds. The zero-order chi connectivity index (χ0) is 12.4. The number of thiophene rings is 1. The lowest BCUT2D eigenvalue weighted by Gasteiger charge is -2.06. The van der Waals surface area contributed by atoms with Crippen LogP contribution < -0.4 is 9.94 Å². The fraction of sp³-hybridized carbons (Fsp3) is 0.0909. The minimum atomic E-state index is -1.39. The first-order valence-corrected chi connectivity index (χ1v) is 5.52. The minimum absolute atomic E-state index is 0.0732. The molecule has 0 aromatic carbocycles. The number of aromatic nitrogens is 1. The second kappa shape index (κ2) is 4.31. The predicted octanol–water partition coefficient (Wildman–Crippen LogP) is 0.510. The van der Waals surface area contributed by atoms with Gasteiger partial charge in [0.25, 0.3) is 0 Å². The van der Waals surface area contributed by atoms with E-state index in [9.17, 15) is 9.90 Å². The van der Waals surface area contributed by atoms with Crippen LogP contribution in [0.5, 0.6) is 0 Å². The number of hydrogen-bond donors (Lipinski definition) is 0. The Morgan fingerprint density at radius 3 is 2.88 bits per heavy atom. The van der Waals surface area contributed by atoms with E-state index in [0.717, 1.165) is 4.88 Å². The van der Waals surface area contributed by atoms with Gasteiger partial charge in [0.2, 0.25) is 0 Å². The zero-order valence-electron chi connectivity index (χ0n) is 8.84. The smallest absolute Gasteiger partial charge is 0.166 e. The summed E-state index contributed by atoms with van der Waals surface area (Å²) < 4.78 is 1.19. The third-order valence-electron chi connectivity index (χ3n) is 2.24. The molecule has 2 aromatic heterocycles. The fourth-order valence-corrected chi connectivity index (χ4v) is 2.26. The number of carbonyl (C=O) groups excluding carboxylic acids is 1. The standard InChI is InChI=1S/C11H8N2O3S/c1-16-13-8(10-3-2-4-17-10)5-7(11(14)15)9(13)6-12/h2-5H,1H3,(H,14,15)/p-1. The van der Waals surface area contributed by atoms with Gasteiger partial charge in [-0.05, 0) is 17.5 Å². The molecule has 0 aliphatic heterocycles. The number of carbonyl (C=O) groups is 1. The average molecular weight is 247 g/mol. The van der Waals surface area contributed by atoms with E-state index >= 15 is 0 Å². The molecular weight excluding hydrogens is 240 g/mol. The summed E-state index contributed by atoms with van der Waals surface area (Å²) in [5.41, 5.74) is 0.284. The van der Waals surface area contributed by atoms with Crippen LogP contribution in [0.4, 0.5) is 0 Å². The Balaban J connectivity index is 2.70. The van der Waals surface area contributed by atoms with Crippen molar-refractivity contribution < 1.29 is 14.7 Å². The van der Waals surface area contributed by atoms with Gasteiger partial charge in [0.15, 0.2) is 5.69 Å². The second-order valence-corrected chi connectivity index (χ2v) is 4.09. The van der Waals surface area contributed by atoms with Gasteiger partial charge in [0.05, 0.1) is 16.5 Å². The fourth-order valence-electron chi connectivity index (χ4n) is 1.54. The lowest BCUT2D eigenvalue weighted by Crippen LogP contribution is -2.23. The first-order valence-electron chi connectivity index (χ1n) is 4.64. The third kappa shape index (κ3) is 1.77. The van der Waals surface area contributed by atoms with E-state index in [1.54, 1.807) is 6.07 Å². The highest BCUT2D eigenvalue weighted by molar-refractivity contribution is 7.13. The molecule has 5 nitrogen and oxygen atoms in total. The molecule has 0 saturated carbocycles. The van der Waals surface area contributed by atoms with Crippen molar-refractivity contribution in [3.8, 4) is 16.6 Å². The number of nitriles is 1. The first kappa shape index (κ1) is 11.2. The summed E-state index contributed by atoms with van der Waals surface area (Å²) in [5.74, 6) is -1.39. The van der Waals surface area contributed by atoms with E-state index in [2.05, 4.69) is 0 Å². The molecule has 0 aliphatic rings. The van der Waals surface area contributed by atoms with Crippen LogP contribution in [-0.2, 0) is 0 Å². The SMILES string of the molecule is COn1c(-c2cccs2)cc(C(=O)[O-])c1C#N. The molecule has 0 fully saturated rings. The Kier molecular flexibility index (Phi) is 2.85. The summed E-state index contributed by atoms with van der Waals surface area (Å²) >= 11 is 1.43. The Morgan fingerprint density at radius 2 is 2.41 bits per heavy atom. The zero-order valence-corrected chi connectivity index (χ0v) is 9.65. The van der Waals surface area contributed by atoms with Crippen LogP contribution in [0.2, 0.25) is 0 Å². The van der Waals surface area contributed by atoms with E-state index in [-0.39, 0.29) is 11.3 Å². The normalized spacial score (nSPS) is 9.88. The molecule has 0 spiro atoms. The van der Waals surface area contributed by atoms with Gasteiger partial charge in [0.1, 0.15) is 13.2 Å². The van der Waals surface area contributed by atoms with E-state index < -0.39 is 5.97 Å². The minimum Gasteiger partial charge on any atom is -0.545 e. The summed E-state index contributed by atoms with van der Waals surface area (Å²) in [5, 5.41) is 21.7. The number of rotatable bonds is 3. The van der Waals surface area contributed by atoms with Crippen molar-refractivity contribution >= 4 is 17.3 Å². The van der Waals surface area contributed by atoms with Gasteiger partial charge in [-0.15, -0.1) is 11.3 Å². The van der Waals surface area contributed by atoms with E-state index in [1.807, 2.05) is 17.5 Å². The van der Waals surface area contributed by atoms with Crippen LogP contribution in [0.25, 0.3) is 10.6 Å². The summed E-state index contributed by atoms with van der Waals surface area (Å²) in [6.07, 6.45) is 0. The maximum absolute atomic E-state index is 10.9. The van der Waals surface area contributed by atoms with Crippen molar-refractivity contribution in [3.05, 3.63) is 34.8 Å². The summed E-state index contributed by atoms with van der Waals surface area (Å²) in [7, 11) is 1.37. The van der Waals surface area contributed by atoms with Crippen LogP contribution in [0, 0.1) is 11.3 Å². The van der Waals surface area contributed by atoms with Crippen molar-refractivity contribution in [2.75, 3.05) is 7.11 Å². The Labute approximate surface area is 101 Å². The number of nitrogens with zero attached hydrogens (tertiary/aromatic N) is 2. The van der Waals surface area contributed by atoms with Gasteiger partial charge < -0.3 is 14.7 Å². The maximum Gasteiger partial charge on any atom is 0.166 e. The van der Waals surface area contributed by atoms with Gasteiger partial charge in [-0.3, -0.25) is 0 Å². The molecule has 2 heterocycles. The van der Waals surface area contributed by atoms with Crippen LogP contribution >= 0.6 is 11.3 Å². The second-order valence-electron chi connectivity index (χ2n) is 3.15. The highest BCUT2D eigenvalue weighted by Crippen LogP contribution is 2.28. The third-order valence-corrected chi connectivity index (χ3v) is 3.13. The van der Waals surface area contributed by atoms with Crippen molar-refractivity contribution in [2.45, 2.75) is 0 Å². The number of aromatic carboxylic acids is 1. The highest BCUT2D eigenvalue weighted by Gasteiger charge is 2.18. The molecule has 0 bridgehead atoms. The molecule has 0 radical (unpaired) electrons. The number of hydrogen-bond acceptors (Lipinski definition) is 5. The number of carboxylic acids is 1. The average Bonchev–Trinajstić information content (AvgIpc) is 2.94. The van der Waals surface area contributed by atoms with Crippen molar-refractivity contribution in [3.63, 3.8) is 0 Å². The summed E-state index contributed by atoms with van der Waals surface area (Å²) in [6.45, 7) is 0. The summed E-state index contributed by atoms with van der Waals surface area (Å²) in [6, 6.07) is 6.83. The van der Waals surface area contributed by atoms with Crippen LogP contribution in [0.3, 0.4) is 0 Å². The first-order chi connectivity index (χ1) is 8.19. The largest absolute Gasteiger partial charge is 0.545 e. The van der Waals surface area contributed by atoms with Crippen LogP contribution in [0.15, 0.2) is 23.6 Å². The lowest BCUT2D eigenvalue weighted by atomic mass is 10.2. The highest BCUT2D eigenvalue weighted by atomic mass is 32.1. The van der Waals surface area contributed by atoms with Crippen molar-refractivity contribution in [1.29, 1.82) is 5.26 Å². The van der Waals surface area contributed by atoms with E-state index in [4.69, 9.17) is 10.1 Å². The predicted molar refractivity (Wildman–Crippen MR) is 59.3 cm³/mol. The molecule has 0 unspecified atom stereocenters. The van der Waals surface area contributed by atoms with E-state index in [0.29, 0.717) is 5.69 Å². The molecule has 6 heteroatoms. The Bertz CT molecular complexity index is 593. The molecule has 86 valence electrons. The topological polar surface area (TPSA) is 78.1 Å². The van der Waals surface area contributed by atoms with Gasteiger partial charge in [0, 0.05) is 5.56 Å². The molecule has 2 aromatic rings. The van der Waals surface area contributed by atoms with Crippen LogP contribution in [-0.4, -0.2) is 17.8 Å². The number of carboxylic acid groups (broad SMARTS) is 1. The Morgan fingerprint density at radius 1 is 1.65 bits per heavy atom. The van der Waals surface area contributed by atoms with Gasteiger partial charge in [-0.2, -0.15) is 9.99 Å². The Hall–Kier alpha value is -2.26. The van der Waals surface area contributed by atoms with Crippen molar-refractivity contribution in [1.82, 2.24) is 4.73 Å². The van der Waals surface area contributed by atoms with E-state index in [1.165, 1.54) is 29.2 Å². The molecule has 0 atom stereocenters. The molecular formula is C11H7N2O3S-. The monoisotopic (exact) mass is 247 g/mol. The quantitative estimate of drug-likeness (QED) is 0.791. The van der Waals surface area contributed by atoms with Crippen molar-refractivity contribution in [2.24, 2.45) is 0 Å². The van der Waals surface area contributed by atoms with Crippen LogP contribution in [0.1, 0.15) is 16.1 Å². The lowest BCUT2D eigenvalue weighted by molar-refractivity contribution is -0.255. The molecule has 0 saturated heterocycles. The van der Waals surface area contributed by atoms with Gasteiger partial charge in [-0.25, -0.2) is 0 Å². The maximum atomic E-state index is 10.9. The summed E-state index contributed by atoms with van der Waals surface area (Å²) in [4.78, 5) is 16.8. The molecule has 17 heavy (non-hydrogen) atoms. The van der Waals surface area contributed by atoms with Gasteiger partial charge >= 0.3 is 0 Å².